The number of amides is 1. The molecule has 0 spiro atoms. The van der Waals surface area contributed by atoms with Gasteiger partial charge in [-0.1, -0.05) is 36.4 Å². The summed E-state index contributed by atoms with van der Waals surface area (Å²) in [6, 6.07) is 18.1. The monoisotopic (exact) mass is 374 g/mol. The summed E-state index contributed by atoms with van der Waals surface area (Å²) in [4.78, 5) is 12.7. The van der Waals surface area contributed by atoms with Crippen molar-refractivity contribution in [2.75, 3.05) is 19.5 Å². The Bertz CT molecular complexity index is 1080. The Morgan fingerprint density at radius 2 is 1.71 bits per heavy atom. The lowest BCUT2D eigenvalue weighted by atomic mass is 10.1. The Hall–Kier alpha value is -3.98. The fourth-order valence-electron chi connectivity index (χ4n) is 2.84. The van der Waals surface area contributed by atoms with E-state index in [0.29, 0.717) is 11.3 Å². The summed E-state index contributed by atoms with van der Waals surface area (Å²) < 4.78 is 10.2. The van der Waals surface area contributed by atoms with Crippen molar-refractivity contribution in [3.05, 3.63) is 65.7 Å². The number of anilines is 1. The summed E-state index contributed by atoms with van der Waals surface area (Å²) in [7, 11) is 2.81. The van der Waals surface area contributed by atoms with Crippen molar-refractivity contribution >= 4 is 28.4 Å². The predicted octanol–water partition coefficient (Wildman–Crippen LogP) is 4.11. The highest BCUT2D eigenvalue weighted by Gasteiger charge is 2.14. The molecule has 2 N–H and O–H groups in total. The molecule has 0 atom stereocenters. The van der Waals surface area contributed by atoms with E-state index in [2.05, 4.69) is 5.32 Å². The predicted molar refractivity (Wildman–Crippen MR) is 107 cm³/mol. The van der Waals surface area contributed by atoms with Gasteiger partial charge in [0, 0.05) is 11.1 Å². The van der Waals surface area contributed by atoms with Crippen LogP contribution in [0.25, 0.3) is 16.8 Å². The summed E-state index contributed by atoms with van der Waals surface area (Å²) in [5.74, 6) is -0.333. The maximum absolute atomic E-state index is 12.7. The van der Waals surface area contributed by atoms with Crippen molar-refractivity contribution in [3.63, 3.8) is 0 Å². The van der Waals surface area contributed by atoms with E-state index >= 15 is 0 Å². The third-order valence-corrected chi connectivity index (χ3v) is 4.22. The molecule has 3 aromatic rings. The van der Waals surface area contributed by atoms with Crippen LogP contribution in [-0.2, 0) is 4.79 Å². The maximum Gasteiger partial charge on any atom is 0.266 e. The number of carbonyl (C=O) groups is 1. The molecule has 3 aromatic carbocycles. The Morgan fingerprint density at radius 3 is 2.36 bits per heavy atom. The second-order valence-electron chi connectivity index (χ2n) is 5.92. The molecule has 0 aliphatic heterocycles. The molecular formula is C22H18N2O4. The van der Waals surface area contributed by atoms with Gasteiger partial charge in [-0.3, -0.25) is 4.79 Å². The van der Waals surface area contributed by atoms with Gasteiger partial charge in [0.15, 0.2) is 11.5 Å². The molecule has 140 valence electrons. The van der Waals surface area contributed by atoms with E-state index in [4.69, 9.17) is 9.47 Å². The van der Waals surface area contributed by atoms with Crippen molar-refractivity contribution in [1.82, 2.24) is 0 Å². The number of aromatic hydroxyl groups is 1. The highest BCUT2D eigenvalue weighted by molar-refractivity contribution is 6.13. The Kier molecular flexibility index (Phi) is 5.47. The van der Waals surface area contributed by atoms with Gasteiger partial charge in [-0.25, -0.2) is 0 Å². The zero-order valence-electron chi connectivity index (χ0n) is 15.4. The molecule has 0 heterocycles. The highest BCUT2D eigenvalue weighted by atomic mass is 16.5. The minimum atomic E-state index is -0.537. The molecule has 6 nitrogen and oxygen atoms in total. The normalized spacial score (nSPS) is 11.0. The lowest BCUT2D eigenvalue weighted by Gasteiger charge is -2.10. The maximum atomic E-state index is 12.7. The van der Waals surface area contributed by atoms with Gasteiger partial charge in [-0.2, -0.15) is 5.26 Å². The third-order valence-electron chi connectivity index (χ3n) is 4.22. The van der Waals surface area contributed by atoms with Crippen molar-refractivity contribution in [1.29, 1.82) is 5.26 Å². The zero-order chi connectivity index (χ0) is 20.1. The first-order valence-electron chi connectivity index (χ1n) is 8.43. The van der Waals surface area contributed by atoms with Gasteiger partial charge in [0.05, 0.1) is 14.2 Å². The van der Waals surface area contributed by atoms with Crippen molar-refractivity contribution in [3.8, 4) is 23.3 Å². The standard InChI is InChI=1S/C22H18N2O4/c1-27-19-11-14(12-20(28-2)21(19)25)10-16(13-23)22(26)24-18-9-5-7-15-6-3-4-8-17(15)18/h3-12,25H,1-2H3,(H,24,26)/b16-10-. The molecule has 0 unspecified atom stereocenters. The summed E-state index contributed by atoms with van der Waals surface area (Å²) in [6.45, 7) is 0. The van der Waals surface area contributed by atoms with Crippen molar-refractivity contribution in [2.24, 2.45) is 0 Å². The van der Waals surface area contributed by atoms with Crippen LogP contribution in [0.15, 0.2) is 60.2 Å². The number of carbonyl (C=O) groups excluding carboxylic acids is 1. The van der Waals surface area contributed by atoms with Gasteiger partial charge in [0.25, 0.3) is 5.91 Å². The quantitative estimate of drug-likeness (QED) is 0.518. The number of phenolic OH excluding ortho intramolecular Hbond substituents is 1. The minimum Gasteiger partial charge on any atom is -0.502 e. The molecule has 6 heteroatoms. The van der Waals surface area contributed by atoms with E-state index in [-0.39, 0.29) is 22.8 Å². The zero-order valence-corrected chi connectivity index (χ0v) is 15.4. The van der Waals surface area contributed by atoms with Crippen molar-refractivity contribution in [2.45, 2.75) is 0 Å². The van der Waals surface area contributed by atoms with E-state index < -0.39 is 5.91 Å². The van der Waals surface area contributed by atoms with Crippen LogP contribution < -0.4 is 14.8 Å². The average molecular weight is 374 g/mol. The fraction of sp³-hybridized carbons (Fsp3) is 0.0909. The number of hydrogen-bond acceptors (Lipinski definition) is 5. The van der Waals surface area contributed by atoms with Gasteiger partial charge >= 0.3 is 0 Å². The number of nitrogens with one attached hydrogen (secondary N) is 1. The average Bonchev–Trinajstić information content (AvgIpc) is 2.73. The van der Waals surface area contributed by atoms with Gasteiger partial charge in [0.1, 0.15) is 11.6 Å². The first-order valence-corrected chi connectivity index (χ1v) is 8.43. The van der Waals surface area contributed by atoms with Gasteiger partial charge < -0.3 is 19.9 Å². The number of nitriles is 1. The lowest BCUT2D eigenvalue weighted by Crippen LogP contribution is -2.13. The molecular weight excluding hydrogens is 356 g/mol. The van der Waals surface area contributed by atoms with Crippen LogP contribution in [0.2, 0.25) is 0 Å². The smallest absolute Gasteiger partial charge is 0.266 e. The Balaban J connectivity index is 1.95. The molecule has 0 saturated heterocycles. The lowest BCUT2D eigenvalue weighted by molar-refractivity contribution is -0.112. The molecule has 1 amide bonds. The van der Waals surface area contributed by atoms with Crippen LogP contribution in [0.5, 0.6) is 17.2 Å². The number of benzene rings is 3. The van der Waals surface area contributed by atoms with Crippen LogP contribution in [0.1, 0.15) is 5.56 Å². The molecule has 3 rings (SSSR count). The van der Waals surface area contributed by atoms with Crippen LogP contribution in [0, 0.1) is 11.3 Å². The molecule has 0 aliphatic rings. The first kappa shape index (κ1) is 18.8. The second kappa shape index (κ2) is 8.14. The molecule has 0 fully saturated rings. The van der Waals surface area contributed by atoms with Gasteiger partial charge in [0.2, 0.25) is 5.75 Å². The van der Waals surface area contributed by atoms with E-state index in [1.54, 1.807) is 6.07 Å². The Morgan fingerprint density at radius 1 is 1.07 bits per heavy atom. The van der Waals surface area contributed by atoms with E-state index in [0.717, 1.165) is 10.8 Å². The largest absolute Gasteiger partial charge is 0.502 e. The third kappa shape index (κ3) is 3.74. The van der Waals surface area contributed by atoms with Crippen molar-refractivity contribution < 1.29 is 19.4 Å². The summed E-state index contributed by atoms with van der Waals surface area (Å²) in [5.41, 5.74) is 1.00. The second-order valence-corrected chi connectivity index (χ2v) is 5.92. The van der Waals surface area contributed by atoms with Gasteiger partial charge in [-0.15, -0.1) is 0 Å². The molecule has 0 bridgehead atoms. The Labute approximate surface area is 162 Å². The molecule has 0 aliphatic carbocycles. The number of rotatable bonds is 5. The number of phenols is 1. The number of fused-ring (bicyclic) bond motifs is 1. The number of ether oxygens (including phenoxy) is 2. The van der Waals surface area contributed by atoms with Crippen LogP contribution in [0.4, 0.5) is 5.69 Å². The molecule has 0 saturated carbocycles. The summed E-state index contributed by atoms with van der Waals surface area (Å²) >= 11 is 0. The minimum absolute atomic E-state index is 0.0947. The van der Waals surface area contributed by atoms with Crippen LogP contribution >= 0.6 is 0 Å². The highest BCUT2D eigenvalue weighted by Crippen LogP contribution is 2.37. The number of methoxy groups -OCH3 is 2. The molecule has 0 radical (unpaired) electrons. The molecule has 0 aromatic heterocycles. The van der Waals surface area contributed by atoms with Crippen LogP contribution in [0.3, 0.4) is 0 Å². The van der Waals surface area contributed by atoms with Gasteiger partial charge in [-0.05, 0) is 35.2 Å². The number of nitrogens with zero attached hydrogens (tertiary/aromatic N) is 1. The van der Waals surface area contributed by atoms with Crippen LogP contribution in [-0.4, -0.2) is 25.2 Å². The SMILES string of the molecule is COc1cc(/C=C(/C#N)C(=O)Nc2cccc3ccccc23)cc(OC)c1O. The van der Waals surface area contributed by atoms with E-state index in [1.807, 2.05) is 42.5 Å². The van der Waals surface area contributed by atoms with E-state index in [1.165, 1.54) is 32.4 Å². The number of hydrogen-bond donors (Lipinski definition) is 2. The first-order chi connectivity index (χ1) is 13.6. The van der Waals surface area contributed by atoms with E-state index in [9.17, 15) is 15.2 Å². The topological polar surface area (TPSA) is 91.6 Å². The summed E-state index contributed by atoms with van der Waals surface area (Å²) in [5, 5.41) is 24.1. The summed E-state index contributed by atoms with van der Waals surface area (Å²) in [6.07, 6.45) is 1.41. The fourth-order valence-corrected chi connectivity index (χ4v) is 2.84. The molecule has 28 heavy (non-hydrogen) atoms.